The molecule has 140 valence electrons. The molecule has 3 aromatic rings. The summed E-state index contributed by atoms with van der Waals surface area (Å²) < 4.78 is 0. The van der Waals surface area contributed by atoms with E-state index in [-0.39, 0.29) is 0 Å². The van der Waals surface area contributed by atoms with Gasteiger partial charge in [0.1, 0.15) is 5.94 Å². The van der Waals surface area contributed by atoms with Crippen LogP contribution in [0.1, 0.15) is 17.5 Å². The minimum absolute atomic E-state index is 0.614. The normalized spacial score (nSPS) is 12.6. The van der Waals surface area contributed by atoms with Crippen molar-refractivity contribution in [2.75, 3.05) is 29.9 Å². The number of pyridine rings is 1. The van der Waals surface area contributed by atoms with E-state index in [0.717, 1.165) is 47.6 Å². The predicted molar refractivity (Wildman–Crippen MR) is 115 cm³/mol. The van der Waals surface area contributed by atoms with Crippen LogP contribution in [0.3, 0.4) is 0 Å². The number of benzene rings is 2. The summed E-state index contributed by atoms with van der Waals surface area (Å²) in [4.78, 5) is 20.4. The van der Waals surface area contributed by atoms with Crippen molar-refractivity contribution in [2.45, 2.75) is 12.8 Å². The van der Waals surface area contributed by atoms with E-state index in [2.05, 4.69) is 58.1 Å². The van der Waals surface area contributed by atoms with Crippen molar-refractivity contribution >= 4 is 28.6 Å². The standard InChI is InChI=1S/C24H23N3O/c1-26(21-9-6-13-25-17-21)14-7-15-27-23-11-4-2-8-19(23)16-20(18-28)22-10-3-5-12-24(22)27/h2-6,8-13,17H,7,14-16H2,1H3. The van der Waals surface area contributed by atoms with E-state index in [1.54, 1.807) is 6.20 Å². The van der Waals surface area contributed by atoms with E-state index in [0.29, 0.717) is 6.42 Å². The Bertz CT molecular complexity index is 1010. The third-order valence-corrected chi connectivity index (χ3v) is 5.25. The molecule has 0 fully saturated rings. The number of aromatic nitrogens is 1. The van der Waals surface area contributed by atoms with Crippen LogP contribution in [0.2, 0.25) is 0 Å². The Morgan fingerprint density at radius 3 is 2.61 bits per heavy atom. The summed E-state index contributed by atoms with van der Waals surface area (Å²) in [7, 11) is 2.09. The predicted octanol–water partition coefficient (Wildman–Crippen LogP) is 4.52. The Labute approximate surface area is 165 Å². The van der Waals surface area contributed by atoms with Gasteiger partial charge in [-0.3, -0.25) is 4.98 Å². The van der Waals surface area contributed by atoms with Gasteiger partial charge in [0.15, 0.2) is 0 Å². The maximum atomic E-state index is 11.7. The van der Waals surface area contributed by atoms with Gasteiger partial charge in [-0.15, -0.1) is 0 Å². The van der Waals surface area contributed by atoms with Gasteiger partial charge in [-0.2, -0.15) is 0 Å². The summed E-state index contributed by atoms with van der Waals surface area (Å²) in [5, 5.41) is 0. The van der Waals surface area contributed by atoms with Crippen molar-refractivity contribution in [3.8, 4) is 0 Å². The molecule has 0 N–H and O–H groups in total. The molecule has 1 aromatic heterocycles. The van der Waals surface area contributed by atoms with Crippen molar-refractivity contribution in [2.24, 2.45) is 0 Å². The first-order valence-electron chi connectivity index (χ1n) is 9.58. The lowest BCUT2D eigenvalue weighted by atomic mass is 10.00. The monoisotopic (exact) mass is 369 g/mol. The maximum Gasteiger partial charge on any atom is 0.128 e. The molecule has 0 bridgehead atoms. The zero-order valence-electron chi connectivity index (χ0n) is 16.0. The lowest BCUT2D eigenvalue weighted by molar-refractivity contribution is 0.569. The summed E-state index contributed by atoms with van der Waals surface area (Å²) >= 11 is 0. The van der Waals surface area contributed by atoms with Gasteiger partial charge in [-0.1, -0.05) is 36.4 Å². The first kappa shape index (κ1) is 18.0. The van der Waals surface area contributed by atoms with Crippen molar-refractivity contribution in [1.82, 2.24) is 4.98 Å². The molecule has 0 spiro atoms. The van der Waals surface area contributed by atoms with Crippen molar-refractivity contribution in [1.29, 1.82) is 0 Å². The Morgan fingerprint density at radius 2 is 1.82 bits per heavy atom. The van der Waals surface area contributed by atoms with E-state index in [9.17, 15) is 4.79 Å². The third-order valence-electron chi connectivity index (χ3n) is 5.25. The molecule has 0 atom stereocenters. The topological polar surface area (TPSA) is 36.4 Å². The van der Waals surface area contributed by atoms with Crippen molar-refractivity contribution in [3.05, 3.63) is 84.2 Å². The van der Waals surface area contributed by atoms with Crippen LogP contribution in [-0.2, 0) is 11.2 Å². The van der Waals surface area contributed by atoms with E-state index < -0.39 is 0 Å². The number of hydrogen-bond donors (Lipinski definition) is 0. The average Bonchev–Trinajstić information content (AvgIpc) is 2.89. The van der Waals surface area contributed by atoms with E-state index >= 15 is 0 Å². The van der Waals surface area contributed by atoms with Crippen LogP contribution in [0.15, 0.2) is 73.1 Å². The van der Waals surface area contributed by atoms with E-state index in [1.807, 2.05) is 36.5 Å². The van der Waals surface area contributed by atoms with Gasteiger partial charge < -0.3 is 9.80 Å². The quantitative estimate of drug-likeness (QED) is 0.620. The number of carbonyl (C=O) groups excluding carboxylic acids is 1. The fourth-order valence-corrected chi connectivity index (χ4v) is 3.81. The first-order valence-corrected chi connectivity index (χ1v) is 9.58. The highest BCUT2D eigenvalue weighted by atomic mass is 16.1. The van der Waals surface area contributed by atoms with Gasteiger partial charge in [-0.05, 0) is 36.2 Å². The van der Waals surface area contributed by atoms with Gasteiger partial charge in [0.25, 0.3) is 0 Å². The van der Waals surface area contributed by atoms with E-state index in [4.69, 9.17) is 0 Å². The molecule has 1 aliphatic heterocycles. The van der Waals surface area contributed by atoms with Gasteiger partial charge in [-0.25, -0.2) is 4.79 Å². The Morgan fingerprint density at radius 1 is 1.04 bits per heavy atom. The second-order valence-electron chi connectivity index (χ2n) is 7.04. The molecule has 0 amide bonds. The molecule has 0 unspecified atom stereocenters. The van der Waals surface area contributed by atoms with Crippen molar-refractivity contribution < 1.29 is 4.79 Å². The molecule has 2 aromatic carbocycles. The number of fused-ring (bicyclic) bond motifs is 2. The zero-order valence-corrected chi connectivity index (χ0v) is 16.0. The maximum absolute atomic E-state index is 11.7. The minimum Gasteiger partial charge on any atom is -0.373 e. The Kier molecular flexibility index (Phi) is 5.22. The van der Waals surface area contributed by atoms with Gasteiger partial charge in [0.05, 0.1) is 11.9 Å². The number of rotatable bonds is 5. The largest absolute Gasteiger partial charge is 0.373 e. The Balaban J connectivity index is 1.62. The second kappa shape index (κ2) is 8.12. The first-order chi connectivity index (χ1) is 13.8. The molecule has 2 heterocycles. The van der Waals surface area contributed by atoms with Crippen LogP contribution in [0, 0.1) is 0 Å². The highest BCUT2D eigenvalue weighted by Gasteiger charge is 2.23. The molecule has 1 aliphatic rings. The average molecular weight is 369 g/mol. The molecule has 0 radical (unpaired) electrons. The van der Waals surface area contributed by atoms with Crippen LogP contribution in [0.5, 0.6) is 0 Å². The lowest BCUT2D eigenvalue weighted by Gasteiger charge is -2.28. The summed E-state index contributed by atoms with van der Waals surface area (Å²) in [6.07, 6.45) is 5.27. The summed E-state index contributed by atoms with van der Waals surface area (Å²) in [6, 6.07) is 20.5. The molecule has 0 saturated carbocycles. The van der Waals surface area contributed by atoms with Gasteiger partial charge in [0, 0.05) is 55.3 Å². The zero-order chi connectivity index (χ0) is 19.3. The third kappa shape index (κ3) is 3.55. The van der Waals surface area contributed by atoms with Crippen LogP contribution < -0.4 is 9.80 Å². The Hall–Kier alpha value is -3.36. The van der Waals surface area contributed by atoms with Gasteiger partial charge >= 0.3 is 0 Å². The fraction of sp³-hybridized carbons (Fsp3) is 0.208. The molecular formula is C24H23N3O. The molecule has 28 heavy (non-hydrogen) atoms. The lowest BCUT2D eigenvalue weighted by Crippen LogP contribution is -2.25. The number of anilines is 3. The SMILES string of the molecule is CN(CCCN1c2ccccc2CC(=C=O)c2ccccc21)c1cccnc1. The van der Waals surface area contributed by atoms with E-state index in [1.165, 1.54) is 5.69 Å². The highest BCUT2D eigenvalue weighted by Crippen LogP contribution is 2.39. The number of para-hydroxylation sites is 2. The molecule has 4 heteroatoms. The molecule has 0 saturated heterocycles. The fourth-order valence-electron chi connectivity index (χ4n) is 3.81. The summed E-state index contributed by atoms with van der Waals surface area (Å²) in [6.45, 7) is 1.79. The smallest absolute Gasteiger partial charge is 0.128 e. The van der Waals surface area contributed by atoms with Crippen LogP contribution in [0.25, 0.3) is 5.57 Å². The molecular weight excluding hydrogens is 346 g/mol. The molecule has 4 nitrogen and oxygen atoms in total. The van der Waals surface area contributed by atoms with Crippen LogP contribution in [-0.4, -0.2) is 31.1 Å². The van der Waals surface area contributed by atoms with Crippen LogP contribution >= 0.6 is 0 Å². The number of nitrogens with zero attached hydrogens (tertiary/aromatic N) is 3. The van der Waals surface area contributed by atoms with Crippen LogP contribution in [0.4, 0.5) is 17.1 Å². The summed E-state index contributed by atoms with van der Waals surface area (Å²) in [5.74, 6) is 2.18. The second-order valence-corrected chi connectivity index (χ2v) is 7.04. The molecule has 4 rings (SSSR count). The highest BCUT2D eigenvalue weighted by molar-refractivity contribution is 5.96. The summed E-state index contributed by atoms with van der Waals surface area (Å²) in [5.41, 5.74) is 6.23. The van der Waals surface area contributed by atoms with Crippen molar-refractivity contribution in [3.63, 3.8) is 0 Å². The number of allylic oxidation sites excluding steroid dienone is 1. The van der Waals surface area contributed by atoms with Gasteiger partial charge in [0.2, 0.25) is 0 Å². The minimum atomic E-state index is 0.614. The number of hydrogen-bond acceptors (Lipinski definition) is 4. The molecule has 0 aliphatic carbocycles.